The van der Waals surface area contributed by atoms with Crippen LogP contribution in [0.1, 0.15) is 24.8 Å². The first-order chi connectivity index (χ1) is 12.9. The number of hydrogen-bond acceptors (Lipinski definition) is 4. The Kier molecular flexibility index (Phi) is 8.82. The first-order valence-electron chi connectivity index (χ1n) is 9.15. The highest BCUT2D eigenvalue weighted by Crippen LogP contribution is 2.13. The van der Waals surface area contributed by atoms with Crippen LogP contribution in [0.4, 0.5) is 0 Å². The van der Waals surface area contributed by atoms with Gasteiger partial charge in [0.15, 0.2) is 5.96 Å². The highest BCUT2D eigenvalue weighted by molar-refractivity contribution is 7.89. The second kappa shape index (κ2) is 10.8. The number of guanidine groups is 1. The summed E-state index contributed by atoms with van der Waals surface area (Å²) >= 11 is 6.01. The second-order valence-corrected chi connectivity index (χ2v) is 8.98. The standard InChI is InChI=1S/C18H29ClN4O3S/c1-20-18(23(2)14-15-6-5-7-16(19)12-15)21-9-11-27(24,25)22-13-17-8-3-4-10-26-17/h5-7,12,17,22H,3-4,8-11,13-14H2,1-2H3,(H,20,21). The van der Waals surface area contributed by atoms with Gasteiger partial charge in [0.25, 0.3) is 0 Å². The van der Waals surface area contributed by atoms with E-state index in [0.717, 1.165) is 24.8 Å². The topological polar surface area (TPSA) is 83.0 Å². The Morgan fingerprint density at radius 3 is 2.89 bits per heavy atom. The number of benzene rings is 1. The van der Waals surface area contributed by atoms with Crippen molar-refractivity contribution in [3.8, 4) is 0 Å². The van der Waals surface area contributed by atoms with Gasteiger partial charge >= 0.3 is 0 Å². The Morgan fingerprint density at radius 2 is 2.22 bits per heavy atom. The molecule has 1 heterocycles. The molecule has 1 fully saturated rings. The van der Waals surface area contributed by atoms with E-state index in [2.05, 4.69) is 15.0 Å². The third kappa shape index (κ3) is 8.04. The fraction of sp³-hybridized carbons (Fsp3) is 0.611. The molecule has 1 aliphatic heterocycles. The fourth-order valence-corrected chi connectivity index (χ4v) is 4.09. The molecule has 0 spiro atoms. The molecular formula is C18H29ClN4O3S. The zero-order valence-corrected chi connectivity index (χ0v) is 17.5. The van der Waals surface area contributed by atoms with E-state index in [1.165, 1.54) is 0 Å². The lowest BCUT2D eigenvalue weighted by Gasteiger charge is -2.23. The average Bonchev–Trinajstić information content (AvgIpc) is 2.64. The number of aliphatic imine (C=N–C) groups is 1. The van der Waals surface area contributed by atoms with Gasteiger partial charge in [0.1, 0.15) is 0 Å². The molecule has 0 bridgehead atoms. The molecule has 1 unspecified atom stereocenters. The van der Waals surface area contributed by atoms with E-state index in [1.807, 2.05) is 36.2 Å². The van der Waals surface area contributed by atoms with E-state index in [-0.39, 0.29) is 18.4 Å². The maximum Gasteiger partial charge on any atom is 0.213 e. The van der Waals surface area contributed by atoms with Crippen molar-refractivity contribution in [2.75, 3.05) is 39.5 Å². The molecule has 0 aromatic heterocycles. The van der Waals surface area contributed by atoms with Gasteiger partial charge in [0, 0.05) is 45.4 Å². The smallest absolute Gasteiger partial charge is 0.213 e. The minimum atomic E-state index is -3.36. The van der Waals surface area contributed by atoms with Gasteiger partial charge in [0.05, 0.1) is 11.9 Å². The van der Waals surface area contributed by atoms with E-state index >= 15 is 0 Å². The molecule has 2 rings (SSSR count). The van der Waals surface area contributed by atoms with Crippen molar-refractivity contribution in [3.05, 3.63) is 34.9 Å². The molecule has 1 aliphatic rings. The van der Waals surface area contributed by atoms with Gasteiger partial charge in [-0.2, -0.15) is 0 Å². The van der Waals surface area contributed by atoms with Crippen molar-refractivity contribution >= 4 is 27.6 Å². The van der Waals surface area contributed by atoms with Crippen molar-refractivity contribution in [2.45, 2.75) is 31.9 Å². The number of nitrogens with zero attached hydrogens (tertiary/aromatic N) is 2. The minimum absolute atomic E-state index is 0.0157. The zero-order valence-electron chi connectivity index (χ0n) is 15.9. The largest absolute Gasteiger partial charge is 0.377 e. The molecule has 1 aromatic carbocycles. The van der Waals surface area contributed by atoms with Gasteiger partial charge in [-0.1, -0.05) is 23.7 Å². The molecule has 7 nitrogen and oxygen atoms in total. The molecule has 0 radical (unpaired) electrons. The first-order valence-corrected chi connectivity index (χ1v) is 11.2. The summed E-state index contributed by atoms with van der Waals surface area (Å²) in [5.74, 6) is 0.602. The molecule has 27 heavy (non-hydrogen) atoms. The summed E-state index contributed by atoms with van der Waals surface area (Å²) < 4.78 is 32.5. The predicted molar refractivity (Wildman–Crippen MR) is 110 cm³/mol. The number of rotatable bonds is 8. The first kappa shape index (κ1) is 21.9. The summed E-state index contributed by atoms with van der Waals surface area (Å²) in [7, 11) is 0.204. The van der Waals surface area contributed by atoms with Crippen LogP contribution in [0, 0.1) is 0 Å². The average molecular weight is 417 g/mol. The molecule has 1 aromatic rings. The number of hydrogen-bond donors (Lipinski definition) is 2. The van der Waals surface area contributed by atoms with Gasteiger partial charge in [-0.05, 0) is 37.0 Å². The summed E-state index contributed by atoms with van der Waals surface area (Å²) in [5, 5.41) is 3.77. The van der Waals surface area contributed by atoms with Crippen LogP contribution in [-0.4, -0.2) is 64.9 Å². The summed E-state index contributed by atoms with van der Waals surface area (Å²) in [6.45, 7) is 1.94. The van der Waals surface area contributed by atoms with Gasteiger partial charge in [0.2, 0.25) is 10.0 Å². The summed E-state index contributed by atoms with van der Waals surface area (Å²) in [6.07, 6.45) is 3.03. The maximum absolute atomic E-state index is 12.2. The Balaban J connectivity index is 1.75. The van der Waals surface area contributed by atoms with Gasteiger partial charge < -0.3 is 15.0 Å². The lowest BCUT2D eigenvalue weighted by atomic mass is 10.1. The van der Waals surface area contributed by atoms with Crippen LogP contribution in [0.25, 0.3) is 0 Å². The molecule has 2 N–H and O–H groups in total. The zero-order chi connectivity index (χ0) is 19.7. The maximum atomic E-state index is 12.2. The van der Waals surface area contributed by atoms with Crippen LogP contribution in [-0.2, 0) is 21.3 Å². The molecule has 0 amide bonds. The van der Waals surface area contributed by atoms with Crippen molar-refractivity contribution in [2.24, 2.45) is 4.99 Å². The van der Waals surface area contributed by atoms with Crippen LogP contribution >= 0.6 is 11.6 Å². The van der Waals surface area contributed by atoms with Crippen molar-refractivity contribution in [1.29, 1.82) is 0 Å². The van der Waals surface area contributed by atoms with Crippen molar-refractivity contribution in [3.63, 3.8) is 0 Å². The second-order valence-electron chi connectivity index (χ2n) is 6.62. The Labute approximate surface area is 167 Å². The highest BCUT2D eigenvalue weighted by Gasteiger charge is 2.18. The summed E-state index contributed by atoms with van der Waals surface area (Å²) in [5.41, 5.74) is 1.05. The van der Waals surface area contributed by atoms with Crippen LogP contribution < -0.4 is 10.0 Å². The Bertz CT molecular complexity index is 721. The third-order valence-electron chi connectivity index (χ3n) is 4.34. The highest BCUT2D eigenvalue weighted by atomic mass is 35.5. The molecule has 9 heteroatoms. The van der Waals surface area contributed by atoms with Gasteiger partial charge in [-0.15, -0.1) is 0 Å². The monoisotopic (exact) mass is 416 g/mol. The molecule has 152 valence electrons. The number of nitrogens with one attached hydrogen (secondary N) is 2. The fourth-order valence-electron chi connectivity index (χ4n) is 2.93. The number of ether oxygens (including phenoxy) is 1. The van der Waals surface area contributed by atoms with Crippen LogP contribution in [0.15, 0.2) is 29.3 Å². The van der Waals surface area contributed by atoms with E-state index in [9.17, 15) is 8.42 Å². The quantitative estimate of drug-likeness (QED) is 0.499. The van der Waals surface area contributed by atoms with Crippen LogP contribution in [0.2, 0.25) is 5.02 Å². The number of halogens is 1. The Morgan fingerprint density at radius 1 is 1.41 bits per heavy atom. The van der Waals surface area contributed by atoms with Gasteiger partial charge in [-0.25, -0.2) is 13.1 Å². The van der Waals surface area contributed by atoms with Crippen LogP contribution in [0.3, 0.4) is 0 Å². The van der Waals surface area contributed by atoms with Crippen molar-refractivity contribution in [1.82, 2.24) is 14.9 Å². The van der Waals surface area contributed by atoms with Gasteiger partial charge in [-0.3, -0.25) is 4.99 Å². The van der Waals surface area contributed by atoms with E-state index < -0.39 is 10.0 Å². The summed E-state index contributed by atoms with van der Waals surface area (Å²) in [4.78, 5) is 6.13. The third-order valence-corrected chi connectivity index (χ3v) is 5.92. The normalized spacial score (nSPS) is 18.3. The van der Waals surface area contributed by atoms with E-state index in [1.54, 1.807) is 7.05 Å². The number of sulfonamides is 1. The molecule has 1 saturated heterocycles. The molecule has 0 aliphatic carbocycles. The lowest BCUT2D eigenvalue weighted by molar-refractivity contribution is 0.0200. The van der Waals surface area contributed by atoms with E-state index in [4.69, 9.17) is 16.3 Å². The SMILES string of the molecule is CN=C(NCCS(=O)(=O)NCC1CCCCO1)N(C)Cc1cccc(Cl)c1. The van der Waals surface area contributed by atoms with Crippen molar-refractivity contribution < 1.29 is 13.2 Å². The molecular weight excluding hydrogens is 388 g/mol. The minimum Gasteiger partial charge on any atom is -0.377 e. The molecule has 1 atom stereocenters. The Hall–Kier alpha value is -1.35. The predicted octanol–water partition coefficient (Wildman–Crippen LogP) is 1.84. The molecule has 0 saturated carbocycles. The lowest BCUT2D eigenvalue weighted by Crippen LogP contribution is -2.43. The summed E-state index contributed by atoms with van der Waals surface area (Å²) in [6, 6.07) is 7.61. The van der Waals surface area contributed by atoms with Crippen LogP contribution in [0.5, 0.6) is 0 Å². The van der Waals surface area contributed by atoms with E-state index in [0.29, 0.717) is 30.7 Å².